The SMILES string of the molecule is CCCNC(CO)(CN(CC)CCC)c1ccccc1. The zero-order valence-electron chi connectivity index (χ0n) is 13.2. The molecule has 20 heavy (non-hydrogen) atoms. The summed E-state index contributed by atoms with van der Waals surface area (Å²) in [6.45, 7) is 10.5. The second-order valence-electron chi connectivity index (χ2n) is 5.40. The highest BCUT2D eigenvalue weighted by molar-refractivity contribution is 5.25. The Labute approximate surface area is 124 Å². The quantitative estimate of drug-likeness (QED) is 0.690. The zero-order valence-corrected chi connectivity index (χ0v) is 13.2. The van der Waals surface area contributed by atoms with Crippen LogP contribution >= 0.6 is 0 Å². The van der Waals surface area contributed by atoms with Crippen molar-refractivity contribution in [3.8, 4) is 0 Å². The van der Waals surface area contributed by atoms with Gasteiger partial charge in [-0.05, 0) is 38.0 Å². The maximum absolute atomic E-state index is 10.1. The maximum atomic E-state index is 10.1. The number of aliphatic hydroxyl groups is 1. The Balaban J connectivity index is 2.98. The fourth-order valence-corrected chi connectivity index (χ4v) is 2.61. The lowest BCUT2D eigenvalue weighted by atomic mass is 9.89. The molecule has 0 bridgehead atoms. The summed E-state index contributed by atoms with van der Waals surface area (Å²) < 4.78 is 0. The van der Waals surface area contributed by atoms with Gasteiger partial charge in [0.05, 0.1) is 12.1 Å². The second kappa shape index (κ2) is 9.11. The molecule has 1 aromatic rings. The first-order chi connectivity index (χ1) is 9.72. The third-order valence-electron chi connectivity index (χ3n) is 3.79. The Morgan fingerprint density at radius 3 is 2.30 bits per heavy atom. The van der Waals surface area contributed by atoms with E-state index in [9.17, 15) is 5.11 Å². The molecule has 0 aliphatic heterocycles. The van der Waals surface area contributed by atoms with E-state index in [2.05, 4.69) is 43.1 Å². The summed E-state index contributed by atoms with van der Waals surface area (Å²) in [5.41, 5.74) is 0.813. The van der Waals surface area contributed by atoms with E-state index < -0.39 is 0 Å². The van der Waals surface area contributed by atoms with Crippen molar-refractivity contribution in [2.24, 2.45) is 0 Å². The second-order valence-corrected chi connectivity index (χ2v) is 5.40. The summed E-state index contributed by atoms with van der Waals surface area (Å²) in [4.78, 5) is 2.41. The highest BCUT2D eigenvalue weighted by Crippen LogP contribution is 2.22. The van der Waals surface area contributed by atoms with Crippen LogP contribution in [0, 0.1) is 0 Å². The molecule has 0 aliphatic carbocycles. The van der Waals surface area contributed by atoms with Crippen LogP contribution in [0.1, 0.15) is 39.2 Å². The fourth-order valence-electron chi connectivity index (χ4n) is 2.61. The van der Waals surface area contributed by atoms with Crippen LogP contribution in [0.2, 0.25) is 0 Å². The van der Waals surface area contributed by atoms with Crippen LogP contribution in [0.4, 0.5) is 0 Å². The van der Waals surface area contributed by atoms with Gasteiger partial charge in [-0.3, -0.25) is 0 Å². The van der Waals surface area contributed by atoms with Gasteiger partial charge in [-0.1, -0.05) is 51.1 Å². The molecule has 0 amide bonds. The van der Waals surface area contributed by atoms with E-state index in [4.69, 9.17) is 0 Å². The van der Waals surface area contributed by atoms with Crippen molar-refractivity contribution in [2.75, 3.05) is 32.8 Å². The summed E-state index contributed by atoms with van der Waals surface area (Å²) in [5.74, 6) is 0. The molecule has 0 heterocycles. The first-order valence-corrected chi connectivity index (χ1v) is 7.86. The molecule has 1 unspecified atom stereocenters. The van der Waals surface area contributed by atoms with Crippen molar-refractivity contribution >= 4 is 0 Å². The predicted molar refractivity (Wildman–Crippen MR) is 85.9 cm³/mol. The first kappa shape index (κ1) is 17.2. The summed E-state index contributed by atoms with van der Waals surface area (Å²) in [6.07, 6.45) is 2.20. The summed E-state index contributed by atoms with van der Waals surface area (Å²) in [7, 11) is 0. The third kappa shape index (κ3) is 4.58. The van der Waals surface area contributed by atoms with Crippen LogP contribution < -0.4 is 5.32 Å². The molecule has 0 saturated heterocycles. The van der Waals surface area contributed by atoms with Gasteiger partial charge in [0, 0.05) is 6.54 Å². The number of benzene rings is 1. The first-order valence-electron chi connectivity index (χ1n) is 7.86. The maximum Gasteiger partial charge on any atom is 0.0797 e. The lowest BCUT2D eigenvalue weighted by Gasteiger charge is -2.38. The molecule has 3 heteroatoms. The number of nitrogens with one attached hydrogen (secondary N) is 1. The van der Waals surface area contributed by atoms with Crippen LogP contribution in [0.25, 0.3) is 0 Å². The number of rotatable bonds is 10. The van der Waals surface area contributed by atoms with Crippen molar-refractivity contribution in [2.45, 2.75) is 39.2 Å². The molecule has 0 radical (unpaired) electrons. The Kier molecular flexibility index (Phi) is 7.82. The Hall–Kier alpha value is -0.900. The van der Waals surface area contributed by atoms with Crippen molar-refractivity contribution in [1.29, 1.82) is 0 Å². The Morgan fingerprint density at radius 1 is 1.10 bits per heavy atom. The molecule has 0 aromatic heterocycles. The standard InChI is InChI=1S/C17H30N2O/c1-4-12-18-17(15-20,14-19(6-3)13-5-2)16-10-8-7-9-11-16/h7-11,18,20H,4-6,12-15H2,1-3H3. The number of nitrogens with zero attached hydrogens (tertiary/aromatic N) is 1. The van der Waals surface area contributed by atoms with Gasteiger partial charge in [-0.15, -0.1) is 0 Å². The van der Waals surface area contributed by atoms with Crippen LogP contribution in [0.5, 0.6) is 0 Å². The van der Waals surface area contributed by atoms with E-state index in [1.54, 1.807) is 0 Å². The molecule has 0 fully saturated rings. The van der Waals surface area contributed by atoms with Gasteiger partial charge >= 0.3 is 0 Å². The van der Waals surface area contributed by atoms with Gasteiger partial charge in [-0.25, -0.2) is 0 Å². The normalized spacial score (nSPS) is 14.4. The van der Waals surface area contributed by atoms with Gasteiger partial charge in [0.2, 0.25) is 0 Å². The molecule has 114 valence electrons. The van der Waals surface area contributed by atoms with Crippen LogP contribution in [0.3, 0.4) is 0 Å². The van der Waals surface area contributed by atoms with Crippen molar-refractivity contribution < 1.29 is 5.11 Å². The Morgan fingerprint density at radius 2 is 1.80 bits per heavy atom. The molecular formula is C17H30N2O. The van der Waals surface area contributed by atoms with Gasteiger partial charge < -0.3 is 15.3 Å². The smallest absolute Gasteiger partial charge is 0.0797 e. The number of likely N-dealkylation sites (N-methyl/N-ethyl adjacent to an activating group) is 1. The topological polar surface area (TPSA) is 35.5 Å². The minimum absolute atomic E-state index is 0.122. The lowest BCUT2D eigenvalue weighted by Crippen LogP contribution is -2.54. The number of aliphatic hydroxyl groups excluding tert-OH is 1. The average molecular weight is 278 g/mol. The summed E-state index contributed by atoms with van der Waals surface area (Å²) in [6, 6.07) is 10.3. The van der Waals surface area contributed by atoms with Crippen molar-refractivity contribution in [3.05, 3.63) is 35.9 Å². The lowest BCUT2D eigenvalue weighted by molar-refractivity contribution is 0.108. The highest BCUT2D eigenvalue weighted by atomic mass is 16.3. The van der Waals surface area contributed by atoms with E-state index >= 15 is 0 Å². The van der Waals surface area contributed by atoms with Crippen LogP contribution in [-0.2, 0) is 5.54 Å². The molecule has 1 rings (SSSR count). The molecule has 3 nitrogen and oxygen atoms in total. The van der Waals surface area contributed by atoms with E-state index in [0.29, 0.717) is 0 Å². The van der Waals surface area contributed by atoms with Gasteiger partial charge in [-0.2, -0.15) is 0 Å². The zero-order chi connectivity index (χ0) is 14.8. The molecule has 1 aromatic carbocycles. The monoisotopic (exact) mass is 278 g/mol. The van der Waals surface area contributed by atoms with E-state index in [1.165, 1.54) is 5.56 Å². The molecule has 0 spiro atoms. The van der Waals surface area contributed by atoms with Crippen LogP contribution in [-0.4, -0.2) is 42.8 Å². The number of hydrogen-bond donors (Lipinski definition) is 2. The van der Waals surface area contributed by atoms with E-state index in [1.807, 2.05) is 18.2 Å². The minimum atomic E-state index is -0.359. The van der Waals surface area contributed by atoms with Gasteiger partial charge in [0.1, 0.15) is 0 Å². The van der Waals surface area contributed by atoms with Gasteiger partial charge in [0.15, 0.2) is 0 Å². The van der Waals surface area contributed by atoms with E-state index in [-0.39, 0.29) is 12.1 Å². The largest absolute Gasteiger partial charge is 0.394 e. The molecule has 0 saturated carbocycles. The molecule has 2 N–H and O–H groups in total. The van der Waals surface area contributed by atoms with Crippen molar-refractivity contribution in [1.82, 2.24) is 10.2 Å². The Bertz CT molecular complexity index is 355. The number of hydrogen-bond acceptors (Lipinski definition) is 3. The van der Waals surface area contributed by atoms with Crippen molar-refractivity contribution in [3.63, 3.8) is 0 Å². The summed E-state index contributed by atoms with van der Waals surface area (Å²) in [5, 5.41) is 13.7. The molecular weight excluding hydrogens is 248 g/mol. The third-order valence-corrected chi connectivity index (χ3v) is 3.79. The average Bonchev–Trinajstić information content (AvgIpc) is 2.51. The molecule has 1 atom stereocenters. The van der Waals surface area contributed by atoms with Gasteiger partial charge in [0.25, 0.3) is 0 Å². The molecule has 0 aliphatic rings. The predicted octanol–water partition coefficient (Wildman–Crippen LogP) is 2.61. The van der Waals surface area contributed by atoms with Crippen LogP contribution in [0.15, 0.2) is 30.3 Å². The van der Waals surface area contributed by atoms with E-state index in [0.717, 1.165) is 39.0 Å². The highest BCUT2D eigenvalue weighted by Gasteiger charge is 2.32. The minimum Gasteiger partial charge on any atom is -0.394 e. The fraction of sp³-hybridized carbons (Fsp3) is 0.647. The summed E-state index contributed by atoms with van der Waals surface area (Å²) >= 11 is 0.